The van der Waals surface area contributed by atoms with Crippen LogP contribution in [-0.2, 0) is 0 Å². The third-order valence-corrected chi connectivity index (χ3v) is 3.93. The van der Waals surface area contributed by atoms with Crippen molar-refractivity contribution in [3.05, 3.63) is 35.1 Å². The van der Waals surface area contributed by atoms with Crippen LogP contribution in [0.15, 0.2) is 18.2 Å². The van der Waals surface area contributed by atoms with Gasteiger partial charge in [-0.1, -0.05) is 18.8 Å². The van der Waals surface area contributed by atoms with E-state index in [1.807, 2.05) is 6.92 Å². The number of nitrogens with two attached hydrogens (primary N) is 1. The third kappa shape index (κ3) is 3.62. The molecule has 3 nitrogen and oxygen atoms in total. The highest BCUT2D eigenvalue weighted by atomic mass is 19.1. The molecule has 1 amide bonds. The van der Waals surface area contributed by atoms with Gasteiger partial charge in [0.2, 0.25) is 0 Å². The van der Waals surface area contributed by atoms with Crippen LogP contribution < -0.4 is 5.73 Å². The summed E-state index contributed by atoms with van der Waals surface area (Å²) in [4.78, 5) is 14.3. The molecule has 2 N–H and O–H groups in total. The molecule has 0 saturated carbocycles. The predicted molar refractivity (Wildman–Crippen MR) is 81.2 cm³/mol. The van der Waals surface area contributed by atoms with E-state index in [2.05, 4.69) is 18.8 Å². The summed E-state index contributed by atoms with van der Waals surface area (Å²) < 4.78 is 14.1. The standard InChI is InChI=1S/C17H21FN2O/c1-12-7-9-20(13(2)10-12)17(21)15-6-5-14(4-3-8-19)11-16(15)18/h5-6,11-13H,7-10,19H2,1-2H3. The monoisotopic (exact) mass is 288 g/mol. The van der Waals surface area contributed by atoms with E-state index in [1.54, 1.807) is 11.0 Å². The van der Waals surface area contributed by atoms with Crippen molar-refractivity contribution in [2.45, 2.75) is 32.7 Å². The van der Waals surface area contributed by atoms with Crippen molar-refractivity contribution in [3.63, 3.8) is 0 Å². The summed E-state index contributed by atoms with van der Waals surface area (Å²) in [6, 6.07) is 4.63. The highest BCUT2D eigenvalue weighted by Crippen LogP contribution is 2.24. The molecule has 1 aromatic carbocycles. The molecular formula is C17H21FN2O. The van der Waals surface area contributed by atoms with Crippen molar-refractivity contribution in [2.75, 3.05) is 13.1 Å². The number of carbonyl (C=O) groups excluding carboxylic acids is 1. The first-order chi connectivity index (χ1) is 10.0. The van der Waals surface area contributed by atoms with Crippen molar-refractivity contribution in [1.82, 2.24) is 4.90 Å². The molecule has 0 bridgehead atoms. The van der Waals surface area contributed by atoms with Gasteiger partial charge in [-0.05, 0) is 43.9 Å². The molecule has 1 aliphatic rings. The minimum absolute atomic E-state index is 0.120. The van der Waals surface area contributed by atoms with E-state index in [9.17, 15) is 9.18 Å². The van der Waals surface area contributed by atoms with Crippen LogP contribution in [-0.4, -0.2) is 29.9 Å². The molecule has 1 aliphatic heterocycles. The SMILES string of the molecule is CC1CCN(C(=O)c2ccc(C#CCN)cc2F)C(C)C1. The Morgan fingerprint density at radius 1 is 1.48 bits per heavy atom. The molecular weight excluding hydrogens is 267 g/mol. The largest absolute Gasteiger partial charge is 0.336 e. The Morgan fingerprint density at radius 2 is 2.24 bits per heavy atom. The van der Waals surface area contributed by atoms with Crippen LogP contribution in [0.4, 0.5) is 4.39 Å². The van der Waals surface area contributed by atoms with E-state index in [0.717, 1.165) is 12.8 Å². The van der Waals surface area contributed by atoms with Crippen molar-refractivity contribution in [3.8, 4) is 11.8 Å². The predicted octanol–water partition coefficient (Wildman–Crippen LogP) is 2.40. The van der Waals surface area contributed by atoms with Gasteiger partial charge in [0.1, 0.15) is 5.82 Å². The van der Waals surface area contributed by atoms with Gasteiger partial charge in [-0.25, -0.2) is 4.39 Å². The number of halogens is 1. The quantitative estimate of drug-likeness (QED) is 0.807. The Morgan fingerprint density at radius 3 is 2.86 bits per heavy atom. The Balaban J connectivity index is 2.19. The lowest BCUT2D eigenvalue weighted by Crippen LogP contribution is -2.44. The number of likely N-dealkylation sites (tertiary alicyclic amines) is 1. The maximum atomic E-state index is 14.1. The summed E-state index contributed by atoms with van der Waals surface area (Å²) in [6.45, 7) is 5.12. The van der Waals surface area contributed by atoms with Crippen LogP contribution >= 0.6 is 0 Å². The molecule has 4 heteroatoms. The van der Waals surface area contributed by atoms with Gasteiger partial charge in [0.15, 0.2) is 0 Å². The van der Waals surface area contributed by atoms with Gasteiger partial charge in [-0.15, -0.1) is 0 Å². The first-order valence-corrected chi connectivity index (χ1v) is 7.32. The number of benzene rings is 1. The first-order valence-electron chi connectivity index (χ1n) is 7.32. The zero-order valence-corrected chi connectivity index (χ0v) is 12.5. The summed E-state index contributed by atoms with van der Waals surface area (Å²) in [5, 5.41) is 0. The van der Waals surface area contributed by atoms with E-state index < -0.39 is 5.82 Å². The Labute approximate surface area is 125 Å². The molecule has 0 aliphatic carbocycles. The molecule has 1 heterocycles. The van der Waals surface area contributed by atoms with Gasteiger partial charge in [0, 0.05) is 18.2 Å². The molecule has 2 atom stereocenters. The number of carbonyl (C=O) groups is 1. The molecule has 0 radical (unpaired) electrons. The number of nitrogens with zero attached hydrogens (tertiary/aromatic N) is 1. The van der Waals surface area contributed by atoms with E-state index in [-0.39, 0.29) is 24.1 Å². The van der Waals surface area contributed by atoms with Gasteiger partial charge in [0.25, 0.3) is 5.91 Å². The normalized spacial score (nSPS) is 21.6. The maximum absolute atomic E-state index is 14.1. The highest BCUT2D eigenvalue weighted by molar-refractivity contribution is 5.94. The van der Waals surface area contributed by atoms with Gasteiger partial charge in [-0.2, -0.15) is 0 Å². The van der Waals surface area contributed by atoms with Crippen LogP contribution in [0.3, 0.4) is 0 Å². The fraction of sp³-hybridized carbons (Fsp3) is 0.471. The van der Waals surface area contributed by atoms with Crippen molar-refractivity contribution in [2.24, 2.45) is 11.7 Å². The summed E-state index contributed by atoms with van der Waals surface area (Å²) >= 11 is 0. The van der Waals surface area contributed by atoms with Crippen LogP contribution in [0, 0.1) is 23.6 Å². The van der Waals surface area contributed by atoms with E-state index in [0.29, 0.717) is 18.0 Å². The van der Waals surface area contributed by atoms with Crippen molar-refractivity contribution in [1.29, 1.82) is 0 Å². The molecule has 21 heavy (non-hydrogen) atoms. The second-order valence-corrected chi connectivity index (χ2v) is 5.68. The Hall–Kier alpha value is -1.86. The summed E-state index contributed by atoms with van der Waals surface area (Å²) in [6.07, 6.45) is 1.94. The number of hydrogen-bond acceptors (Lipinski definition) is 2. The van der Waals surface area contributed by atoms with E-state index in [4.69, 9.17) is 5.73 Å². The number of hydrogen-bond donors (Lipinski definition) is 1. The number of piperidine rings is 1. The average molecular weight is 288 g/mol. The fourth-order valence-corrected chi connectivity index (χ4v) is 2.78. The smallest absolute Gasteiger partial charge is 0.257 e. The van der Waals surface area contributed by atoms with Gasteiger partial charge in [0.05, 0.1) is 12.1 Å². The van der Waals surface area contributed by atoms with Crippen molar-refractivity contribution < 1.29 is 9.18 Å². The number of amides is 1. The second kappa shape index (κ2) is 6.73. The lowest BCUT2D eigenvalue weighted by molar-refractivity contribution is 0.0584. The second-order valence-electron chi connectivity index (χ2n) is 5.68. The molecule has 1 aromatic rings. The van der Waals surface area contributed by atoms with Crippen LogP contribution in [0.2, 0.25) is 0 Å². The Bertz CT molecular complexity index is 588. The third-order valence-electron chi connectivity index (χ3n) is 3.93. The van der Waals surface area contributed by atoms with Gasteiger partial charge >= 0.3 is 0 Å². The van der Waals surface area contributed by atoms with Gasteiger partial charge in [-0.3, -0.25) is 4.79 Å². The molecule has 2 rings (SSSR count). The van der Waals surface area contributed by atoms with Crippen molar-refractivity contribution >= 4 is 5.91 Å². The first kappa shape index (κ1) is 15.5. The Kier molecular flexibility index (Phi) is 4.98. The topological polar surface area (TPSA) is 46.3 Å². The van der Waals surface area contributed by atoms with Crippen LogP contribution in [0.5, 0.6) is 0 Å². The molecule has 2 unspecified atom stereocenters. The summed E-state index contributed by atoms with van der Waals surface area (Å²) in [7, 11) is 0. The van der Waals surface area contributed by atoms with E-state index in [1.165, 1.54) is 12.1 Å². The number of rotatable bonds is 1. The summed E-state index contributed by atoms with van der Waals surface area (Å²) in [5.74, 6) is 5.30. The van der Waals surface area contributed by atoms with Crippen LogP contribution in [0.1, 0.15) is 42.6 Å². The molecule has 0 aromatic heterocycles. The zero-order valence-electron chi connectivity index (χ0n) is 12.5. The minimum Gasteiger partial charge on any atom is -0.336 e. The lowest BCUT2D eigenvalue weighted by Gasteiger charge is -2.36. The highest BCUT2D eigenvalue weighted by Gasteiger charge is 2.28. The minimum atomic E-state index is -0.519. The summed E-state index contributed by atoms with van der Waals surface area (Å²) in [5.41, 5.74) is 5.95. The zero-order chi connectivity index (χ0) is 15.4. The average Bonchev–Trinajstić information content (AvgIpc) is 2.44. The fourth-order valence-electron chi connectivity index (χ4n) is 2.78. The van der Waals surface area contributed by atoms with E-state index >= 15 is 0 Å². The van der Waals surface area contributed by atoms with Gasteiger partial charge < -0.3 is 10.6 Å². The maximum Gasteiger partial charge on any atom is 0.257 e. The van der Waals surface area contributed by atoms with Crippen LogP contribution in [0.25, 0.3) is 0 Å². The lowest BCUT2D eigenvalue weighted by atomic mass is 9.93. The molecule has 0 spiro atoms. The molecule has 1 fully saturated rings. The molecule has 1 saturated heterocycles. The molecule has 112 valence electrons.